The van der Waals surface area contributed by atoms with Gasteiger partial charge in [-0.05, 0) is 42.5 Å². The Morgan fingerprint density at radius 3 is 2.47 bits per heavy atom. The summed E-state index contributed by atoms with van der Waals surface area (Å²) < 4.78 is 16.9. The van der Waals surface area contributed by atoms with Crippen molar-refractivity contribution >= 4 is 40.9 Å². The summed E-state index contributed by atoms with van der Waals surface area (Å²) in [5.41, 5.74) is 2.90. The maximum absolute atomic E-state index is 13.2. The van der Waals surface area contributed by atoms with Gasteiger partial charge < -0.3 is 24.8 Å². The number of urea groups is 1. The van der Waals surface area contributed by atoms with Crippen LogP contribution in [0.15, 0.2) is 95.6 Å². The van der Waals surface area contributed by atoms with E-state index in [0.29, 0.717) is 58.2 Å². The number of thioether (sulfide) groups is 1. The number of anilines is 3. The van der Waals surface area contributed by atoms with Crippen molar-refractivity contribution in [2.45, 2.75) is 32.0 Å². The maximum atomic E-state index is 13.2. The first kappa shape index (κ1) is 33.5. The van der Waals surface area contributed by atoms with Crippen LogP contribution in [-0.2, 0) is 22.6 Å². The summed E-state index contributed by atoms with van der Waals surface area (Å²) >= 11 is 1.12. The maximum Gasteiger partial charge on any atom is 0.327 e. The van der Waals surface area contributed by atoms with Crippen molar-refractivity contribution in [3.05, 3.63) is 102 Å². The number of carbonyl (C=O) groups excluding carboxylic acids is 2. The summed E-state index contributed by atoms with van der Waals surface area (Å²) in [5, 5.41) is 6.30. The molecule has 0 radical (unpaired) electrons. The molecule has 0 spiro atoms. The van der Waals surface area contributed by atoms with Crippen LogP contribution in [0.1, 0.15) is 25.0 Å². The van der Waals surface area contributed by atoms with E-state index >= 15 is 0 Å². The lowest BCUT2D eigenvalue weighted by molar-refractivity contribution is -0.112. The molecule has 4 aromatic rings. The summed E-state index contributed by atoms with van der Waals surface area (Å²) in [6.07, 6.45) is 1.38. The Labute approximate surface area is 278 Å². The molecule has 3 heterocycles. The van der Waals surface area contributed by atoms with Gasteiger partial charge in [-0.15, -0.1) is 0 Å². The second-order valence-electron chi connectivity index (χ2n) is 10.3. The predicted octanol–water partition coefficient (Wildman–Crippen LogP) is 6.74. The SMILES string of the molecule is C=C(Sc1ncnc2c1CNC(=O)N2c1ccc(Oc2ccccc2)cc1)C(=O)Nc1ccc(CN2CCOCC2)c(OC)c1.CC. The van der Waals surface area contributed by atoms with Crippen molar-refractivity contribution in [2.75, 3.05) is 43.6 Å². The topological polar surface area (TPSA) is 118 Å². The van der Waals surface area contributed by atoms with Gasteiger partial charge in [0, 0.05) is 42.5 Å². The zero-order valence-electron chi connectivity index (χ0n) is 26.7. The normalized spacial score (nSPS) is 14.2. The molecule has 1 saturated heterocycles. The molecule has 0 bridgehead atoms. The fourth-order valence-corrected chi connectivity index (χ4v) is 5.77. The van der Waals surface area contributed by atoms with Crippen LogP contribution in [0, 0.1) is 0 Å². The van der Waals surface area contributed by atoms with Gasteiger partial charge in [0.25, 0.3) is 5.91 Å². The van der Waals surface area contributed by atoms with E-state index < -0.39 is 0 Å². The zero-order chi connectivity index (χ0) is 33.2. The van der Waals surface area contributed by atoms with Crippen molar-refractivity contribution in [1.82, 2.24) is 20.2 Å². The number of benzene rings is 3. The number of ether oxygens (including phenoxy) is 3. The highest BCUT2D eigenvalue weighted by atomic mass is 32.2. The molecule has 2 aliphatic rings. The van der Waals surface area contributed by atoms with Crippen LogP contribution in [0.5, 0.6) is 17.2 Å². The number of hydrogen-bond acceptors (Lipinski definition) is 9. The second kappa shape index (κ2) is 16.1. The third-order valence-corrected chi connectivity index (χ3v) is 8.28. The molecule has 3 aromatic carbocycles. The summed E-state index contributed by atoms with van der Waals surface area (Å²) in [5.74, 6) is 2.10. The number of aromatic nitrogens is 2. The van der Waals surface area contributed by atoms with E-state index in [1.165, 1.54) is 11.2 Å². The quantitative estimate of drug-likeness (QED) is 0.109. The molecular formula is C35H38N6O5S. The van der Waals surface area contributed by atoms with Crippen LogP contribution in [0.25, 0.3) is 0 Å². The van der Waals surface area contributed by atoms with Gasteiger partial charge in [-0.2, -0.15) is 0 Å². The molecular weight excluding hydrogens is 616 g/mol. The fourth-order valence-electron chi connectivity index (χ4n) is 5.01. The average molecular weight is 655 g/mol. The van der Waals surface area contributed by atoms with E-state index in [1.54, 1.807) is 31.4 Å². The molecule has 0 aliphatic carbocycles. The summed E-state index contributed by atoms with van der Waals surface area (Å²) in [7, 11) is 1.62. The van der Waals surface area contributed by atoms with Crippen molar-refractivity contribution in [3.8, 4) is 17.2 Å². The number of rotatable bonds is 10. The number of nitrogens with one attached hydrogen (secondary N) is 2. The van der Waals surface area contributed by atoms with Crippen LogP contribution < -0.4 is 25.0 Å². The van der Waals surface area contributed by atoms with E-state index in [-0.39, 0.29) is 23.4 Å². The van der Waals surface area contributed by atoms with Crippen molar-refractivity contribution in [3.63, 3.8) is 0 Å². The Balaban J connectivity index is 0.00000213. The molecule has 1 fully saturated rings. The number of methoxy groups -OCH3 is 1. The number of hydrogen-bond donors (Lipinski definition) is 2. The fraction of sp³-hybridized carbons (Fsp3) is 0.257. The third-order valence-electron chi connectivity index (χ3n) is 7.30. The molecule has 3 amide bonds. The minimum Gasteiger partial charge on any atom is -0.496 e. The van der Waals surface area contributed by atoms with Gasteiger partial charge in [0.05, 0.1) is 37.5 Å². The number of amides is 3. The van der Waals surface area contributed by atoms with Gasteiger partial charge in [-0.25, -0.2) is 19.7 Å². The van der Waals surface area contributed by atoms with Crippen molar-refractivity contribution in [2.24, 2.45) is 0 Å². The number of carbonyl (C=O) groups is 2. The standard InChI is InChI=1S/C33H32N6O5S.C2H6/c1-22(31(40)37-24-9-8-23(29(18-24)42-2)20-38-14-16-43-17-15-38)45-32-28-19-34-33(41)39(30(28)35-21-36-32)25-10-12-27(13-11-25)44-26-6-4-3-5-7-26;1-2/h3-13,18,21H,1,14-17,19-20H2,2H3,(H,34,41)(H,37,40);1-2H3. The number of nitrogens with zero attached hydrogens (tertiary/aromatic N) is 4. The van der Waals surface area contributed by atoms with E-state index in [4.69, 9.17) is 14.2 Å². The lowest BCUT2D eigenvalue weighted by atomic mass is 10.1. The first-order valence-electron chi connectivity index (χ1n) is 15.4. The summed E-state index contributed by atoms with van der Waals surface area (Å²) in [6, 6.07) is 21.9. The van der Waals surface area contributed by atoms with E-state index in [9.17, 15) is 9.59 Å². The number of para-hydroxylation sites is 1. The Hall–Kier alpha value is -4.91. The van der Waals surface area contributed by atoms with E-state index in [0.717, 1.165) is 37.0 Å². The largest absolute Gasteiger partial charge is 0.496 e. The zero-order valence-corrected chi connectivity index (χ0v) is 27.5. The third kappa shape index (κ3) is 8.28. The van der Waals surface area contributed by atoms with Crippen LogP contribution in [-0.4, -0.2) is 60.2 Å². The lowest BCUT2D eigenvalue weighted by Gasteiger charge is -2.29. The van der Waals surface area contributed by atoms with Gasteiger partial charge in [0.1, 0.15) is 28.6 Å². The highest BCUT2D eigenvalue weighted by molar-refractivity contribution is 8.04. The molecule has 0 saturated carbocycles. The van der Waals surface area contributed by atoms with Gasteiger partial charge in [0.15, 0.2) is 5.82 Å². The van der Waals surface area contributed by atoms with E-state index in [1.807, 2.05) is 62.4 Å². The average Bonchev–Trinajstić information content (AvgIpc) is 3.11. The van der Waals surface area contributed by atoms with Gasteiger partial charge in [-0.1, -0.05) is 56.5 Å². The Bertz CT molecular complexity index is 1700. The summed E-state index contributed by atoms with van der Waals surface area (Å²) in [4.78, 5) is 39.0. The monoisotopic (exact) mass is 654 g/mol. The van der Waals surface area contributed by atoms with Gasteiger partial charge >= 0.3 is 6.03 Å². The van der Waals surface area contributed by atoms with Crippen LogP contribution in [0.3, 0.4) is 0 Å². The van der Waals surface area contributed by atoms with Gasteiger partial charge in [-0.3, -0.25) is 9.69 Å². The Morgan fingerprint density at radius 2 is 1.74 bits per heavy atom. The van der Waals surface area contributed by atoms with Gasteiger partial charge in [0.2, 0.25) is 0 Å². The molecule has 12 heteroatoms. The first-order valence-corrected chi connectivity index (χ1v) is 16.2. The van der Waals surface area contributed by atoms with Crippen LogP contribution in [0.4, 0.5) is 22.0 Å². The van der Waals surface area contributed by atoms with Crippen molar-refractivity contribution in [1.29, 1.82) is 0 Å². The molecule has 2 aliphatic heterocycles. The summed E-state index contributed by atoms with van der Waals surface area (Å²) in [6.45, 7) is 12.1. The molecule has 6 rings (SSSR count). The van der Waals surface area contributed by atoms with Crippen molar-refractivity contribution < 1.29 is 23.8 Å². The molecule has 244 valence electrons. The smallest absolute Gasteiger partial charge is 0.327 e. The van der Waals surface area contributed by atoms with Crippen LogP contribution in [0.2, 0.25) is 0 Å². The molecule has 11 nitrogen and oxygen atoms in total. The second-order valence-corrected chi connectivity index (χ2v) is 11.4. The highest BCUT2D eigenvalue weighted by Crippen LogP contribution is 2.37. The minimum atomic E-state index is -0.374. The molecule has 1 aromatic heterocycles. The predicted molar refractivity (Wildman–Crippen MR) is 183 cm³/mol. The molecule has 0 unspecified atom stereocenters. The highest BCUT2D eigenvalue weighted by Gasteiger charge is 2.30. The number of fused-ring (bicyclic) bond motifs is 1. The number of morpholine rings is 1. The minimum absolute atomic E-state index is 0.208. The molecule has 0 atom stereocenters. The molecule has 2 N–H and O–H groups in total. The molecule has 47 heavy (non-hydrogen) atoms. The Kier molecular flexibility index (Phi) is 11.4. The Morgan fingerprint density at radius 1 is 1.02 bits per heavy atom. The first-order chi connectivity index (χ1) is 23.0. The van der Waals surface area contributed by atoms with E-state index in [2.05, 4.69) is 32.1 Å². The lowest BCUT2D eigenvalue weighted by Crippen LogP contribution is -2.42. The van der Waals surface area contributed by atoms with Crippen LogP contribution >= 0.6 is 11.8 Å².